The van der Waals surface area contributed by atoms with Gasteiger partial charge in [0.25, 0.3) is 5.91 Å². The summed E-state index contributed by atoms with van der Waals surface area (Å²) in [5.74, 6) is -2.51. The minimum absolute atomic E-state index is 0.224. The summed E-state index contributed by atoms with van der Waals surface area (Å²) in [6.45, 7) is 2.00. The van der Waals surface area contributed by atoms with E-state index in [1.54, 1.807) is 24.5 Å². The molecule has 1 saturated carbocycles. The molecule has 3 heterocycles. The molecule has 0 saturated heterocycles. The van der Waals surface area contributed by atoms with E-state index in [0.717, 1.165) is 33.4 Å². The van der Waals surface area contributed by atoms with Gasteiger partial charge in [-0.25, -0.2) is 13.8 Å². The van der Waals surface area contributed by atoms with Crippen LogP contribution in [0, 0.1) is 6.92 Å². The lowest BCUT2D eigenvalue weighted by Gasteiger charge is -2.34. The zero-order valence-electron chi connectivity index (χ0n) is 18.8. The summed E-state index contributed by atoms with van der Waals surface area (Å²) in [6.07, 6.45) is 4.63. The number of nitrogens with one attached hydrogen (secondary N) is 2. The molecule has 1 aliphatic carbocycles. The normalized spacial score (nSPS) is 15.1. The van der Waals surface area contributed by atoms with Crippen molar-refractivity contribution >= 4 is 28.3 Å². The monoisotopic (exact) mass is 459 g/mol. The summed E-state index contributed by atoms with van der Waals surface area (Å²) in [4.78, 5) is 26.0. The number of aromatic nitrogens is 3. The average Bonchev–Trinajstić information content (AvgIpc) is 2.83. The first kappa shape index (κ1) is 21.9. The molecular formula is C26H23F2N5O. The van der Waals surface area contributed by atoms with Gasteiger partial charge < -0.3 is 10.6 Å². The van der Waals surface area contributed by atoms with E-state index in [2.05, 4.69) is 25.6 Å². The van der Waals surface area contributed by atoms with E-state index in [4.69, 9.17) is 0 Å². The fourth-order valence-electron chi connectivity index (χ4n) is 4.20. The molecular weight excluding hydrogens is 436 g/mol. The van der Waals surface area contributed by atoms with Gasteiger partial charge in [0, 0.05) is 78.4 Å². The van der Waals surface area contributed by atoms with Crippen molar-refractivity contribution in [2.75, 3.05) is 17.7 Å². The largest absolute Gasteiger partial charge is 0.373 e. The summed E-state index contributed by atoms with van der Waals surface area (Å²) in [5.41, 5.74) is 5.28. The number of aryl methyl sites for hydroxylation is 1. The number of hydrogen-bond donors (Lipinski definition) is 2. The van der Waals surface area contributed by atoms with Crippen molar-refractivity contribution in [1.29, 1.82) is 0 Å². The summed E-state index contributed by atoms with van der Waals surface area (Å²) in [5, 5.41) is 6.83. The predicted molar refractivity (Wildman–Crippen MR) is 128 cm³/mol. The number of carbonyl (C=O) groups is 1. The van der Waals surface area contributed by atoms with E-state index in [0.29, 0.717) is 16.9 Å². The summed E-state index contributed by atoms with van der Waals surface area (Å²) in [7, 11) is 1.81. The highest BCUT2D eigenvalue weighted by Crippen LogP contribution is 2.47. The summed E-state index contributed by atoms with van der Waals surface area (Å²) in [6, 6.07) is 12.8. The number of alkyl halides is 2. The van der Waals surface area contributed by atoms with Crippen LogP contribution < -0.4 is 10.6 Å². The number of anilines is 2. The van der Waals surface area contributed by atoms with Gasteiger partial charge in [0.2, 0.25) is 5.92 Å². The van der Waals surface area contributed by atoms with Crippen molar-refractivity contribution in [3.63, 3.8) is 0 Å². The maximum absolute atomic E-state index is 13.2. The highest BCUT2D eigenvalue weighted by atomic mass is 19.3. The number of nitrogens with zero attached hydrogens (tertiary/aromatic N) is 3. The Kier molecular flexibility index (Phi) is 5.43. The fourth-order valence-corrected chi connectivity index (χ4v) is 4.20. The molecule has 0 bridgehead atoms. The molecule has 0 unspecified atom stereocenters. The van der Waals surface area contributed by atoms with E-state index in [1.807, 2.05) is 44.3 Å². The molecule has 172 valence electrons. The van der Waals surface area contributed by atoms with Gasteiger partial charge in [-0.3, -0.25) is 14.8 Å². The average molecular weight is 460 g/mol. The molecule has 1 aromatic carbocycles. The lowest BCUT2D eigenvalue weighted by atomic mass is 9.78. The van der Waals surface area contributed by atoms with Crippen molar-refractivity contribution < 1.29 is 13.6 Å². The Bertz CT molecular complexity index is 1400. The minimum Gasteiger partial charge on any atom is -0.373 e. The number of fused-ring (bicyclic) bond motifs is 1. The van der Waals surface area contributed by atoms with Crippen molar-refractivity contribution in [3.8, 4) is 11.1 Å². The predicted octanol–water partition coefficient (Wildman–Crippen LogP) is 5.81. The molecule has 6 nitrogen and oxygen atoms in total. The Labute approximate surface area is 195 Å². The van der Waals surface area contributed by atoms with Crippen LogP contribution in [0.3, 0.4) is 0 Å². The third kappa shape index (κ3) is 4.31. The standard InChI is InChI=1S/C26H23F2N5O/c1-15-3-4-20(9-21(15)17-7-18-14-32-24(29-2)10-23(18)31-13-17)33-25(34)16-5-6-30-22(8-16)19-11-26(27,28)12-19/h3-10,13-14,19H,11-12H2,1-2H3,(H,29,32)(H,33,34). The van der Waals surface area contributed by atoms with Gasteiger partial charge in [0.05, 0.1) is 5.52 Å². The molecule has 1 aliphatic rings. The van der Waals surface area contributed by atoms with Gasteiger partial charge >= 0.3 is 0 Å². The van der Waals surface area contributed by atoms with Crippen molar-refractivity contribution in [2.24, 2.45) is 0 Å². The van der Waals surface area contributed by atoms with Gasteiger partial charge in [-0.1, -0.05) is 6.07 Å². The molecule has 0 radical (unpaired) electrons. The third-order valence-corrected chi connectivity index (χ3v) is 6.18. The van der Waals surface area contributed by atoms with Crippen LogP contribution in [-0.2, 0) is 0 Å². The molecule has 0 atom stereocenters. The second-order valence-electron chi connectivity index (χ2n) is 8.65. The molecule has 0 spiro atoms. The van der Waals surface area contributed by atoms with Crippen molar-refractivity contribution in [1.82, 2.24) is 15.0 Å². The van der Waals surface area contributed by atoms with E-state index in [1.165, 1.54) is 6.20 Å². The van der Waals surface area contributed by atoms with Gasteiger partial charge in [0.1, 0.15) is 5.82 Å². The Hall–Kier alpha value is -3.94. The molecule has 2 N–H and O–H groups in total. The van der Waals surface area contributed by atoms with Crippen LogP contribution in [0.4, 0.5) is 20.3 Å². The number of benzene rings is 1. The van der Waals surface area contributed by atoms with Crippen LogP contribution in [0.5, 0.6) is 0 Å². The Morgan fingerprint density at radius 2 is 1.85 bits per heavy atom. The van der Waals surface area contributed by atoms with Crippen LogP contribution >= 0.6 is 0 Å². The highest BCUT2D eigenvalue weighted by molar-refractivity contribution is 6.04. The third-order valence-electron chi connectivity index (χ3n) is 6.18. The van der Waals surface area contributed by atoms with Gasteiger partial charge in [0.15, 0.2) is 0 Å². The first-order valence-corrected chi connectivity index (χ1v) is 11.0. The molecule has 1 amide bonds. The Morgan fingerprint density at radius 1 is 1.03 bits per heavy atom. The summed E-state index contributed by atoms with van der Waals surface area (Å²) >= 11 is 0. The molecule has 34 heavy (non-hydrogen) atoms. The molecule has 0 aliphatic heterocycles. The zero-order chi connectivity index (χ0) is 23.9. The van der Waals surface area contributed by atoms with Crippen LogP contribution in [-0.4, -0.2) is 33.8 Å². The molecule has 5 rings (SSSR count). The molecule has 3 aromatic heterocycles. The SMILES string of the molecule is CNc1cc2ncc(-c3cc(NC(=O)c4ccnc(C5CC(F)(F)C5)c4)ccc3C)cc2cn1. The van der Waals surface area contributed by atoms with Gasteiger partial charge in [-0.2, -0.15) is 0 Å². The Balaban J connectivity index is 1.38. The number of amides is 1. The number of carbonyl (C=O) groups excluding carboxylic acids is 1. The quantitative estimate of drug-likeness (QED) is 0.394. The van der Waals surface area contributed by atoms with Gasteiger partial charge in [-0.15, -0.1) is 0 Å². The first-order valence-electron chi connectivity index (χ1n) is 11.0. The molecule has 8 heteroatoms. The van der Waals surface area contributed by atoms with Crippen LogP contribution in [0.2, 0.25) is 0 Å². The molecule has 4 aromatic rings. The Morgan fingerprint density at radius 3 is 2.62 bits per heavy atom. The first-order chi connectivity index (χ1) is 16.3. The van der Waals surface area contributed by atoms with E-state index < -0.39 is 5.92 Å². The van der Waals surface area contributed by atoms with Crippen LogP contribution in [0.25, 0.3) is 22.0 Å². The zero-order valence-corrected chi connectivity index (χ0v) is 18.8. The van der Waals surface area contributed by atoms with E-state index >= 15 is 0 Å². The summed E-state index contributed by atoms with van der Waals surface area (Å²) < 4.78 is 26.5. The van der Waals surface area contributed by atoms with Gasteiger partial charge in [-0.05, 0) is 48.4 Å². The highest BCUT2D eigenvalue weighted by Gasteiger charge is 2.46. The number of rotatable bonds is 5. The second kappa shape index (κ2) is 8.44. The topological polar surface area (TPSA) is 79.8 Å². The van der Waals surface area contributed by atoms with Crippen LogP contribution in [0.15, 0.2) is 61.1 Å². The van der Waals surface area contributed by atoms with E-state index in [9.17, 15) is 13.6 Å². The number of hydrogen-bond acceptors (Lipinski definition) is 5. The number of halogens is 2. The molecule has 1 fully saturated rings. The smallest absolute Gasteiger partial charge is 0.255 e. The minimum atomic E-state index is -2.63. The lowest BCUT2D eigenvalue weighted by Crippen LogP contribution is -2.34. The number of pyridine rings is 3. The van der Waals surface area contributed by atoms with Crippen LogP contribution in [0.1, 0.15) is 40.4 Å². The maximum Gasteiger partial charge on any atom is 0.255 e. The fraction of sp³-hybridized carbons (Fsp3) is 0.231. The maximum atomic E-state index is 13.2. The lowest BCUT2D eigenvalue weighted by molar-refractivity contribution is -0.0876. The van der Waals surface area contributed by atoms with E-state index in [-0.39, 0.29) is 24.7 Å². The van der Waals surface area contributed by atoms with Crippen molar-refractivity contribution in [3.05, 3.63) is 77.9 Å². The van der Waals surface area contributed by atoms with Crippen molar-refractivity contribution in [2.45, 2.75) is 31.6 Å². The second-order valence-corrected chi connectivity index (χ2v) is 8.65.